The number of rotatable bonds is 4. The van der Waals surface area contributed by atoms with E-state index in [1.165, 1.54) is 5.56 Å². The minimum atomic E-state index is -0.422. The molecule has 0 aromatic carbocycles. The molecule has 128 valence electrons. The van der Waals surface area contributed by atoms with Crippen LogP contribution in [0.4, 0.5) is 4.79 Å². The molecule has 0 unspecified atom stereocenters. The van der Waals surface area contributed by atoms with Crippen molar-refractivity contribution in [2.45, 2.75) is 52.2 Å². The van der Waals surface area contributed by atoms with Crippen LogP contribution in [0.1, 0.15) is 52.1 Å². The van der Waals surface area contributed by atoms with Gasteiger partial charge in [-0.25, -0.2) is 4.79 Å². The van der Waals surface area contributed by atoms with E-state index in [2.05, 4.69) is 23.3 Å². The van der Waals surface area contributed by atoms with Crippen molar-refractivity contribution in [2.75, 3.05) is 19.6 Å². The lowest BCUT2D eigenvalue weighted by molar-refractivity contribution is 0.0183. The zero-order valence-electron chi connectivity index (χ0n) is 14.7. The number of likely N-dealkylation sites (tertiary alicyclic amines) is 1. The van der Waals surface area contributed by atoms with Crippen LogP contribution in [0, 0.1) is 5.92 Å². The number of piperidine rings is 1. The maximum absolute atomic E-state index is 12.1. The van der Waals surface area contributed by atoms with Crippen LogP contribution in [0.3, 0.4) is 0 Å². The summed E-state index contributed by atoms with van der Waals surface area (Å²) in [4.78, 5) is 18.0. The van der Waals surface area contributed by atoms with Crippen LogP contribution in [0.5, 0.6) is 0 Å². The lowest BCUT2D eigenvalue weighted by Gasteiger charge is -2.34. The largest absolute Gasteiger partial charge is 0.444 e. The van der Waals surface area contributed by atoms with Gasteiger partial charge in [0.05, 0.1) is 0 Å². The molecule has 1 aliphatic heterocycles. The van der Waals surface area contributed by atoms with Gasteiger partial charge in [0.15, 0.2) is 0 Å². The Labute approximate surface area is 139 Å². The van der Waals surface area contributed by atoms with Gasteiger partial charge in [0.25, 0.3) is 0 Å². The molecule has 1 aromatic heterocycles. The summed E-state index contributed by atoms with van der Waals surface area (Å²) in [7, 11) is 0. The number of carbonyl (C=O) groups excluding carboxylic acids is 1. The van der Waals surface area contributed by atoms with Crippen LogP contribution in [-0.4, -0.2) is 41.2 Å². The van der Waals surface area contributed by atoms with Crippen LogP contribution < -0.4 is 5.32 Å². The third-order valence-corrected chi connectivity index (χ3v) is 4.16. The van der Waals surface area contributed by atoms with Crippen molar-refractivity contribution in [1.29, 1.82) is 0 Å². The molecule has 5 heteroatoms. The zero-order chi connectivity index (χ0) is 16.9. The van der Waals surface area contributed by atoms with Crippen molar-refractivity contribution >= 4 is 6.09 Å². The first-order chi connectivity index (χ1) is 10.8. The number of amides is 1. The summed E-state index contributed by atoms with van der Waals surface area (Å²) in [6, 6.07) is 4.36. The second kappa shape index (κ2) is 7.77. The number of aromatic nitrogens is 1. The van der Waals surface area contributed by atoms with Gasteiger partial charge in [0.1, 0.15) is 5.60 Å². The van der Waals surface area contributed by atoms with Gasteiger partial charge < -0.3 is 15.0 Å². The molecular formula is C18H29N3O2. The summed E-state index contributed by atoms with van der Waals surface area (Å²) < 4.78 is 5.43. The van der Waals surface area contributed by atoms with Crippen molar-refractivity contribution in [3.05, 3.63) is 30.1 Å². The van der Waals surface area contributed by atoms with E-state index in [9.17, 15) is 4.79 Å². The van der Waals surface area contributed by atoms with Gasteiger partial charge >= 0.3 is 6.09 Å². The first-order valence-corrected chi connectivity index (χ1v) is 8.46. The highest BCUT2D eigenvalue weighted by molar-refractivity contribution is 5.68. The van der Waals surface area contributed by atoms with Gasteiger partial charge in [-0.3, -0.25) is 4.98 Å². The van der Waals surface area contributed by atoms with Crippen LogP contribution in [0.25, 0.3) is 0 Å². The second-order valence-corrected chi connectivity index (χ2v) is 7.33. The monoisotopic (exact) mass is 319 g/mol. The first kappa shape index (κ1) is 17.7. The minimum Gasteiger partial charge on any atom is -0.444 e. The number of hydrogen-bond acceptors (Lipinski definition) is 4. The van der Waals surface area contributed by atoms with E-state index in [1.807, 2.05) is 37.9 Å². The Bertz CT molecular complexity index is 491. The smallest absolute Gasteiger partial charge is 0.410 e. The third kappa shape index (κ3) is 5.82. The highest BCUT2D eigenvalue weighted by Gasteiger charge is 2.26. The van der Waals surface area contributed by atoms with Gasteiger partial charge in [-0.1, -0.05) is 6.07 Å². The molecule has 1 saturated heterocycles. The number of nitrogens with zero attached hydrogens (tertiary/aromatic N) is 2. The molecule has 1 aliphatic rings. The first-order valence-electron chi connectivity index (χ1n) is 8.46. The Morgan fingerprint density at radius 1 is 1.43 bits per heavy atom. The number of pyridine rings is 1. The van der Waals surface area contributed by atoms with Crippen LogP contribution in [-0.2, 0) is 4.74 Å². The van der Waals surface area contributed by atoms with Crippen molar-refractivity contribution < 1.29 is 9.53 Å². The Hall–Kier alpha value is -1.62. The highest BCUT2D eigenvalue weighted by Crippen LogP contribution is 2.20. The Morgan fingerprint density at radius 3 is 2.70 bits per heavy atom. The number of nitrogens with one attached hydrogen (secondary N) is 1. The maximum Gasteiger partial charge on any atom is 0.410 e. The minimum absolute atomic E-state index is 0.187. The Morgan fingerprint density at radius 2 is 2.13 bits per heavy atom. The molecular weight excluding hydrogens is 290 g/mol. The Balaban J connectivity index is 1.72. The van der Waals surface area contributed by atoms with Crippen molar-refractivity contribution in [2.24, 2.45) is 5.92 Å². The summed E-state index contributed by atoms with van der Waals surface area (Å²) in [5.74, 6) is 0.604. The number of carbonyl (C=O) groups is 1. The van der Waals surface area contributed by atoms with Gasteiger partial charge in [-0.05, 0) is 64.6 Å². The fourth-order valence-corrected chi connectivity index (χ4v) is 2.74. The van der Waals surface area contributed by atoms with E-state index in [1.54, 1.807) is 6.20 Å². The topological polar surface area (TPSA) is 54.5 Å². The van der Waals surface area contributed by atoms with Gasteiger partial charge in [-0.15, -0.1) is 0 Å². The van der Waals surface area contributed by atoms with Gasteiger partial charge in [0.2, 0.25) is 0 Å². The molecule has 1 fully saturated rings. The number of ether oxygens (including phenoxy) is 1. The highest BCUT2D eigenvalue weighted by atomic mass is 16.6. The fraction of sp³-hybridized carbons (Fsp3) is 0.667. The average molecular weight is 319 g/mol. The molecule has 0 spiro atoms. The fourth-order valence-electron chi connectivity index (χ4n) is 2.74. The maximum atomic E-state index is 12.1. The molecule has 0 radical (unpaired) electrons. The Kier molecular flexibility index (Phi) is 5.99. The summed E-state index contributed by atoms with van der Waals surface area (Å²) in [5.41, 5.74) is 0.785. The quantitative estimate of drug-likeness (QED) is 0.924. The standard InChI is InChI=1S/C18H29N3O2/c1-14(16-6-5-9-19-13-16)20-12-15-7-10-21(11-8-15)17(22)23-18(2,3)4/h5-6,9,13-15,20H,7-8,10-12H2,1-4H3/t14-/m0/s1. The van der Waals surface area contributed by atoms with E-state index in [4.69, 9.17) is 4.74 Å². The van der Waals surface area contributed by atoms with E-state index < -0.39 is 5.60 Å². The summed E-state index contributed by atoms with van der Waals surface area (Å²) in [5, 5.41) is 3.58. The third-order valence-electron chi connectivity index (χ3n) is 4.16. The summed E-state index contributed by atoms with van der Waals surface area (Å²) in [6.45, 7) is 10.4. The molecule has 0 saturated carbocycles. The molecule has 1 atom stereocenters. The number of hydrogen-bond donors (Lipinski definition) is 1. The normalized spacial score (nSPS) is 17.8. The molecule has 1 N–H and O–H groups in total. The summed E-state index contributed by atoms with van der Waals surface area (Å²) >= 11 is 0. The molecule has 0 aliphatic carbocycles. The predicted molar refractivity (Wildman–Crippen MR) is 91.2 cm³/mol. The summed E-state index contributed by atoms with van der Waals surface area (Å²) in [6.07, 6.45) is 5.55. The SMILES string of the molecule is C[C@H](NCC1CCN(C(=O)OC(C)(C)C)CC1)c1cccnc1. The molecule has 2 rings (SSSR count). The molecule has 1 aromatic rings. The van der Waals surface area contributed by atoms with Crippen LogP contribution >= 0.6 is 0 Å². The molecule has 0 bridgehead atoms. The second-order valence-electron chi connectivity index (χ2n) is 7.33. The van der Waals surface area contributed by atoms with Gasteiger partial charge in [-0.2, -0.15) is 0 Å². The molecule has 2 heterocycles. The zero-order valence-corrected chi connectivity index (χ0v) is 14.7. The molecule has 23 heavy (non-hydrogen) atoms. The van der Waals surface area contributed by atoms with Crippen molar-refractivity contribution in [1.82, 2.24) is 15.2 Å². The lowest BCUT2D eigenvalue weighted by atomic mass is 9.96. The molecule has 5 nitrogen and oxygen atoms in total. The van der Waals surface area contributed by atoms with Gasteiger partial charge in [0, 0.05) is 31.5 Å². The lowest BCUT2D eigenvalue weighted by Crippen LogP contribution is -2.43. The van der Waals surface area contributed by atoms with E-state index in [0.717, 1.165) is 32.5 Å². The van der Waals surface area contributed by atoms with Crippen LogP contribution in [0.15, 0.2) is 24.5 Å². The van der Waals surface area contributed by atoms with Crippen molar-refractivity contribution in [3.63, 3.8) is 0 Å². The predicted octanol–water partition coefficient (Wildman–Crippen LogP) is 3.38. The van der Waals surface area contributed by atoms with E-state index >= 15 is 0 Å². The van der Waals surface area contributed by atoms with Crippen molar-refractivity contribution in [3.8, 4) is 0 Å². The average Bonchev–Trinajstić information content (AvgIpc) is 2.52. The molecule has 1 amide bonds. The van der Waals surface area contributed by atoms with E-state index in [0.29, 0.717) is 12.0 Å². The van der Waals surface area contributed by atoms with E-state index in [-0.39, 0.29) is 6.09 Å². The van der Waals surface area contributed by atoms with Crippen LogP contribution in [0.2, 0.25) is 0 Å².